The molecule has 7 heterocycles. The van der Waals surface area contributed by atoms with Crippen LogP contribution in [0.15, 0.2) is 25.3 Å². The summed E-state index contributed by atoms with van der Waals surface area (Å²) in [6.07, 6.45) is -9.58. The molecule has 4 aromatic rings. The summed E-state index contributed by atoms with van der Waals surface area (Å²) in [5.74, 6) is 0.00326. The lowest BCUT2D eigenvalue weighted by Crippen LogP contribution is -2.34. The van der Waals surface area contributed by atoms with E-state index in [0.29, 0.717) is 11.2 Å². The van der Waals surface area contributed by atoms with Crippen molar-refractivity contribution in [1.29, 1.82) is 0 Å². The summed E-state index contributed by atoms with van der Waals surface area (Å²) >= 11 is 0. The zero-order valence-electron chi connectivity index (χ0n) is 22.3. The summed E-state index contributed by atoms with van der Waals surface area (Å²) in [5, 5.41) is 0. The number of nitrogens with zero attached hydrogens (tertiary/aromatic N) is 8. The van der Waals surface area contributed by atoms with Gasteiger partial charge in [-0.1, -0.05) is 0 Å². The van der Waals surface area contributed by atoms with Crippen LogP contribution in [0.25, 0.3) is 22.3 Å². The summed E-state index contributed by atoms with van der Waals surface area (Å²) < 4.78 is 91.9. The number of imidazole rings is 2. The quantitative estimate of drug-likeness (QED) is 0.254. The Morgan fingerprint density at radius 2 is 1.36 bits per heavy atom. The largest absolute Gasteiger partial charge is 0.472 e. The Balaban J connectivity index is 1.20. The fourth-order valence-corrected chi connectivity index (χ4v) is 7.14. The number of halogens is 2. The molecule has 23 heteroatoms. The zero-order chi connectivity index (χ0) is 31.0. The molecule has 3 saturated heterocycles. The number of ether oxygens (including phenoxy) is 2. The molecule has 0 aromatic carbocycles. The van der Waals surface area contributed by atoms with Gasteiger partial charge in [0.05, 0.1) is 31.6 Å². The van der Waals surface area contributed by atoms with E-state index in [-0.39, 0.29) is 22.6 Å². The summed E-state index contributed by atoms with van der Waals surface area (Å²) in [6, 6.07) is 0. The fraction of sp³-hybridized carbons (Fsp3) is 0.524. The van der Waals surface area contributed by atoms with Gasteiger partial charge >= 0.3 is 15.6 Å². The standard InChI is InChI=1S/C21H23F2N9O10P2/c1-8-13-18(27-4-25-8)32(6-29-13)21-16-11(22)9(39-21)2-37-43(33,34)41-15-10(3-38-44(35,36)42-16)40-20(12(15)23)31-7-30-14-17(24)26-5-28-19(14)31/h4-7,9-12,15-16,20-21H,2-3H2,1H3,(H,33,34)(H,35,36)(H2,24,26,28)/t9-,10-,11?,12?,15-,16-,20-,21-/m1/s1. The number of fused-ring (bicyclic) bond motifs is 5. The van der Waals surface area contributed by atoms with E-state index in [2.05, 4.69) is 29.9 Å². The van der Waals surface area contributed by atoms with Gasteiger partial charge in [0.25, 0.3) is 0 Å². The summed E-state index contributed by atoms with van der Waals surface area (Å²) in [4.78, 5) is 45.4. The van der Waals surface area contributed by atoms with Gasteiger partial charge in [0, 0.05) is 0 Å². The molecule has 3 fully saturated rings. The van der Waals surface area contributed by atoms with Crippen LogP contribution in [0.1, 0.15) is 18.1 Å². The van der Waals surface area contributed by atoms with Crippen LogP contribution >= 0.6 is 15.6 Å². The molecule has 10 atom stereocenters. The number of nitrogens with two attached hydrogens (primary N) is 1. The first-order valence-corrected chi connectivity index (χ1v) is 15.9. The first-order chi connectivity index (χ1) is 20.9. The highest BCUT2D eigenvalue weighted by Crippen LogP contribution is 2.54. The Bertz CT molecular complexity index is 1830. The number of aryl methyl sites for hydroxylation is 1. The highest BCUT2D eigenvalue weighted by atomic mass is 31.2. The third-order valence-corrected chi connectivity index (χ3v) is 9.29. The third-order valence-electron chi connectivity index (χ3n) is 7.32. The van der Waals surface area contributed by atoms with Gasteiger partial charge in [-0.2, -0.15) is 0 Å². The van der Waals surface area contributed by atoms with Crippen LogP contribution in [-0.2, 0) is 36.7 Å². The van der Waals surface area contributed by atoms with Gasteiger partial charge in [0.1, 0.15) is 48.1 Å². The first kappa shape index (κ1) is 29.6. The number of phosphoric acid groups is 2. The van der Waals surface area contributed by atoms with E-state index in [4.69, 9.17) is 33.3 Å². The van der Waals surface area contributed by atoms with Gasteiger partial charge in [-0.25, -0.2) is 47.8 Å². The van der Waals surface area contributed by atoms with Crippen molar-refractivity contribution < 1.29 is 55.3 Å². The lowest BCUT2D eigenvalue weighted by atomic mass is 10.1. The van der Waals surface area contributed by atoms with Crippen molar-refractivity contribution in [2.75, 3.05) is 18.9 Å². The Morgan fingerprint density at radius 1 is 0.795 bits per heavy atom. The molecule has 7 rings (SSSR count). The fourth-order valence-electron chi connectivity index (χ4n) is 5.26. The molecule has 0 spiro atoms. The zero-order valence-corrected chi connectivity index (χ0v) is 24.1. The summed E-state index contributed by atoms with van der Waals surface area (Å²) in [7, 11) is -10.3. The van der Waals surface area contributed by atoms with Gasteiger partial charge in [0.2, 0.25) is 0 Å². The smallest absolute Gasteiger partial charge is 0.382 e. The number of nitrogen functional groups attached to an aromatic ring is 1. The number of anilines is 1. The molecule has 0 radical (unpaired) electrons. The lowest BCUT2D eigenvalue weighted by molar-refractivity contribution is -0.0669. The number of alkyl halides is 2. The van der Waals surface area contributed by atoms with E-state index in [1.807, 2.05) is 0 Å². The Labute approximate surface area is 244 Å². The molecular weight excluding hydrogens is 638 g/mol. The number of rotatable bonds is 2. The summed E-state index contributed by atoms with van der Waals surface area (Å²) in [5.41, 5.74) is 7.03. The number of hydrogen-bond acceptors (Lipinski definition) is 15. The van der Waals surface area contributed by atoms with Gasteiger partial charge < -0.3 is 25.0 Å². The molecule has 0 aliphatic carbocycles. The Morgan fingerprint density at radius 3 is 2.09 bits per heavy atom. The van der Waals surface area contributed by atoms with Gasteiger partial charge in [-0.05, 0) is 6.92 Å². The maximum atomic E-state index is 15.9. The Kier molecular flexibility index (Phi) is 7.24. The van der Waals surface area contributed by atoms with E-state index in [1.165, 1.54) is 17.2 Å². The van der Waals surface area contributed by atoms with Crippen LogP contribution in [0.5, 0.6) is 0 Å². The highest BCUT2D eigenvalue weighted by Gasteiger charge is 2.55. The van der Waals surface area contributed by atoms with Crippen molar-refractivity contribution in [3.05, 3.63) is 31.0 Å². The predicted octanol–water partition coefficient (Wildman–Crippen LogP) is 1.05. The SMILES string of the molecule is Cc1ncnc2c1ncn2[C@@H]1O[C@@H]2COP(=O)(O)O[C@H]3C(F)[C@H](n4cnc5c(N)ncnc54)O[C@@H]3COP(=O)(O)O[C@@H]1C2F. The maximum Gasteiger partial charge on any atom is 0.472 e. The molecule has 2 bridgehead atoms. The summed E-state index contributed by atoms with van der Waals surface area (Å²) in [6.45, 7) is -0.141. The van der Waals surface area contributed by atoms with E-state index in [1.54, 1.807) is 6.92 Å². The maximum absolute atomic E-state index is 15.9. The second-order valence-electron chi connectivity index (χ2n) is 10.1. The van der Waals surface area contributed by atoms with Crippen molar-refractivity contribution >= 4 is 43.8 Å². The monoisotopic (exact) mass is 661 g/mol. The van der Waals surface area contributed by atoms with Crippen LogP contribution < -0.4 is 5.73 Å². The Hall–Kier alpha value is -3.10. The third kappa shape index (κ3) is 5.08. The van der Waals surface area contributed by atoms with E-state index < -0.39 is 78.1 Å². The van der Waals surface area contributed by atoms with Crippen molar-refractivity contribution in [3.8, 4) is 0 Å². The molecule has 4 aromatic heterocycles. The minimum Gasteiger partial charge on any atom is -0.382 e. The van der Waals surface area contributed by atoms with Crippen molar-refractivity contribution in [1.82, 2.24) is 39.0 Å². The molecule has 19 nitrogen and oxygen atoms in total. The molecule has 4 unspecified atom stereocenters. The lowest BCUT2D eigenvalue weighted by Gasteiger charge is -2.25. The molecule has 0 saturated carbocycles. The van der Waals surface area contributed by atoms with Gasteiger partial charge in [0.15, 0.2) is 41.9 Å². The molecule has 236 valence electrons. The van der Waals surface area contributed by atoms with Crippen molar-refractivity contribution in [2.24, 2.45) is 0 Å². The van der Waals surface area contributed by atoms with Gasteiger partial charge in [-0.3, -0.25) is 27.2 Å². The van der Waals surface area contributed by atoms with Crippen LogP contribution in [0.2, 0.25) is 0 Å². The van der Waals surface area contributed by atoms with Gasteiger partial charge in [-0.15, -0.1) is 0 Å². The van der Waals surface area contributed by atoms with Crippen molar-refractivity contribution in [3.63, 3.8) is 0 Å². The topological polar surface area (TPSA) is 243 Å². The first-order valence-electron chi connectivity index (χ1n) is 12.9. The second kappa shape index (κ2) is 10.8. The number of hydrogen-bond donors (Lipinski definition) is 3. The van der Waals surface area contributed by atoms with Crippen LogP contribution in [0.3, 0.4) is 0 Å². The predicted molar refractivity (Wildman–Crippen MR) is 139 cm³/mol. The number of phosphoric ester groups is 2. The molecule has 0 amide bonds. The molecular formula is C21H23F2N9O10P2. The molecule has 4 N–H and O–H groups in total. The van der Waals surface area contributed by atoms with E-state index in [0.717, 1.165) is 17.2 Å². The van der Waals surface area contributed by atoms with Crippen LogP contribution in [0, 0.1) is 6.92 Å². The highest BCUT2D eigenvalue weighted by molar-refractivity contribution is 7.47. The van der Waals surface area contributed by atoms with Crippen LogP contribution in [-0.4, -0.2) is 98.8 Å². The minimum absolute atomic E-state index is 0.00326. The second-order valence-corrected chi connectivity index (χ2v) is 12.9. The molecule has 3 aliphatic rings. The van der Waals surface area contributed by atoms with Crippen LogP contribution in [0.4, 0.5) is 14.6 Å². The number of aromatic nitrogens is 8. The molecule has 44 heavy (non-hydrogen) atoms. The molecule has 3 aliphatic heterocycles. The van der Waals surface area contributed by atoms with E-state index in [9.17, 15) is 18.9 Å². The average molecular weight is 661 g/mol. The van der Waals surface area contributed by atoms with Crippen molar-refractivity contribution in [2.45, 2.75) is 56.1 Å². The van der Waals surface area contributed by atoms with E-state index >= 15 is 8.78 Å². The normalized spacial score (nSPS) is 38.3. The average Bonchev–Trinajstić information content (AvgIpc) is 3.73. The minimum atomic E-state index is -5.14.